The average molecular weight is 515 g/mol. The molecule has 0 amide bonds. The van der Waals surface area contributed by atoms with E-state index in [9.17, 15) is 10.2 Å². The predicted molar refractivity (Wildman–Crippen MR) is 151 cm³/mol. The first-order chi connectivity index (χ1) is 16.2. The van der Waals surface area contributed by atoms with Gasteiger partial charge in [-0.05, 0) is 86.8 Å². The summed E-state index contributed by atoms with van der Waals surface area (Å²) in [7, 11) is -3.19. The van der Waals surface area contributed by atoms with Crippen LogP contribution < -0.4 is 0 Å². The van der Waals surface area contributed by atoms with Gasteiger partial charge < -0.3 is 14.9 Å². The topological polar surface area (TPSA) is 49.7 Å². The summed E-state index contributed by atoms with van der Waals surface area (Å²) in [5, 5.41) is 25.0. The molecule has 5 heteroatoms. The minimum atomic E-state index is -1.64. The zero-order valence-electron chi connectivity index (χ0n) is 23.6. The highest BCUT2D eigenvalue weighted by Gasteiger charge is 2.69. The Morgan fingerprint density at radius 3 is 2.40 bits per heavy atom. The summed E-state index contributed by atoms with van der Waals surface area (Å²) in [5.74, 6) is 6.15. The lowest BCUT2D eigenvalue weighted by Crippen LogP contribution is -2.64. The molecule has 0 radical (unpaired) electrons. The Morgan fingerprint density at radius 2 is 1.80 bits per heavy atom. The minimum Gasteiger partial charge on any atom is -0.498 e. The molecule has 2 saturated carbocycles. The Labute approximate surface area is 216 Å². The second-order valence-corrected chi connectivity index (χ2v) is 24.6. The maximum atomic E-state index is 12.5. The Kier molecular flexibility index (Phi) is 7.15. The molecule has 5 unspecified atom stereocenters. The SMILES string of the molecule is CCOC1=CC2=CCC3C(C2CC1)C(O)(CC)C[C@@]1(C[Si](C)(C)C)C3CC[C@@]1(O)C#C[Si](C)(C)C. The number of ether oxygens (including phenoxy) is 1. The molecule has 35 heavy (non-hydrogen) atoms. The highest BCUT2D eigenvalue weighted by molar-refractivity contribution is 6.83. The third-order valence-corrected chi connectivity index (χ3v) is 12.1. The summed E-state index contributed by atoms with van der Waals surface area (Å²) in [4.78, 5) is 0. The molecule has 0 aromatic rings. The molecule has 0 aromatic heterocycles. The second kappa shape index (κ2) is 9.19. The highest BCUT2D eigenvalue weighted by Crippen LogP contribution is 2.69. The van der Waals surface area contributed by atoms with E-state index in [-0.39, 0.29) is 11.3 Å². The fourth-order valence-corrected chi connectivity index (χ4v) is 11.7. The first kappa shape index (κ1) is 27.2. The van der Waals surface area contributed by atoms with Gasteiger partial charge in [0.1, 0.15) is 13.7 Å². The highest BCUT2D eigenvalue weighted by atomic mass is 28.3. The lowest BCUT2D eigenvalue weighted by atomic mass is 9.46. The Hall–Kier alpha value is -0.806. The molecule has 2 N–H and O–H groups in total. The van der Waals surface area contributed by atoms with Crippen molar-refractivity contribution in [1.82, 2.24) is 0 Å². The molecule has 0 aliphatic heterocycles. The van der Waals surface area contributed by atoms with Crippen molar-refractivity contribution in [3.05, 3.63) is 23.5 Å². The second-order valence-electron chi connectivity index (χ2n) is 14.4. The lowest BCUT2D eigenvalue weighted by molar-refractivity contribution is -0.188. The summed E-state index contributed by atoms with van der Waals surface area (Å²) in [5.41, 5.74) is 2.91. The van der Waals surface area contributed by atoms with Gasteiger partial charge >= 0.3 is 0 Å². The molecular weight excluding hydrogens is 464 g/mol. The summed E-state index contributed by atoms with van der Waals surface area (Å²) >= 11 is 0. The van der Waals surface area contributed by atoms with E-state index < -0.39 is 27.3 Å². The summed E-state index contributed by atoms with van der Waals surface area (Å²) < 4.78 is 5.89. The van der Waals surface area contributed by atoms with Gasteiger partial charge in [0.2, 0.25) is 0 Å². The van der Waals surface area contributed by atoms with Gasteiger partial charge in [-0.2, -0.15) is 0 Å². The molecule has 0 spiro atoms. The normalized spacial score (nSPS) is 41.0. The van der Waals surface area contributed by atoms with Crippen LogP contribution in [0.15, 0.2) is 23.5 Å². The standard InChI is InChI=1S/C30H50O3Si2/c1-9-29(31)20-28(21-35(6,7)8)26(15-16-30(28,32)17-18-34(3,4)5)25-13-11-22-19-23(33-10-2)12-14-24(22)27(25)29/h11,19,24-27,31-32H,9-10,12-16,20-21H2,1-8H3/t24?,25?,26?,27?,28-,29?,30-/m1/s1. The van der Waals surface area contributed by atoms with Crippen molar-refractivity contribution in [2.45, 2.75) is 115 Å². The molecule has 7 atom stereocenters. The molecule has 0 saturated heterocycles. The molecule has 4 rings (SSSR count). The van der Waals surface area contributed by atoms with Crippen LogP contribution in [0.3, 0.4) is 0 Å². The Balaban J connectivity index is 1.82. The van der Waals surface area contributed by atoms with Gasteiger partial charge in [-0.3, -0.25) is 0 Å². The van der Waals surface area contributed by atoms with E-state index in [2.05, 4.69) is 76.7 Å². The molecule has 4 aliphatic rings. The summed E-state index contributed by atoms with van der Waals surface area (Å²) in [6, 6.07) is 1.04. The maximum absolute atomic E-state index is 12.5. The van der Waals surface area contributed by atoms with Gasteiger partial charge in [0.25, 0.3) is 0 Å². The van der Waals surface area contributed by atoms with Crippen molar-refractivity contribution in [3.63, 3.8) is 0 Å². The molecule has 2 fully saturated rings. The van der Waals surface area contributed by atoms with Crippen LogP contribution in [0.5, 0.6) is 0 Å². The molecule has 196 valence electrons. The van der Waals surface area contributed by atoms with E-state index in [0.717, 1.165) is 50.3 Å². The number of allylic oxidation sites excluding steroid dienone is 4. The van der Waals surface area contributed by atoms with E-state index in [1.807, 2.05) is 0 Å². The van der Waals surface area contributed by atoms with Gasteiger partial charge in [-0.15, -0.1) is 5.54 Å². The van der Waals surface area contributed by atoms with E-state index in [1.165, 1.54) is 5.57 Å². The van der Waals surface area contributed by atoms with Gasteiger partial charge in [0.05, 0.1) is 18.0 Å². The van der Waals surface area contributed by atoms with Crippen LogP contribution in [0.1, 0.15) is 58.8 Å². The van der Waals surface area contributed by atoms with Crippen LogP contribution in [-0.4, -0.2) is 44.2 Å². The first-order valence-electron chi connectivity index (χ1n) is 14.2. The van der Waals surface area contributed by atoms with Crippen molar-refractivity contribution in [3.8, 4) is 11.5 Å². The van der Waals surface area contributed by atoms with Crippen molar-refractivity contribution in [2.24, 2.45) is 29.1 Å². The molecule has 3 nitrogen and oxygen atoms in total. The fraction of sp³-hybridized carbons (Fsp3) is 0.800. The predicted octanol–water partition coefficient (Wildman–Crippen LogP) is 6.77. The molecule has 4 aliphatic carbocycles. The third kappa shape index (κ3) is 4.90. The first-order valence-corrected chi connectivity index (χ1v) is 21.4. The minimum absolute atomic E-state index is 0.263. The van der Waals surface area contributed by atoms with Crippen LogP contribution in [0, 0.1) is 40.6 Å². The van der Waals surface area contributed by atoms with E-state index in [4.69, 9.17) is 4.74 Å². The quantitative estimate of drug-likeness (QED) is 0.314. The summed E-state index contributed by atoms with van der Waals surface area (Å²) in [6.07, 6.45) is 11.0. The van der Waals surface area contributed by atoms with E-state index in [1.54, 1.807) is 0 Å². The van der Waals surface area contributed by atoms with E-state index >= 15 is 0 Å². The van der Waals surface area contributed by atoms with Crippen molar-refractivity contribution in [1.29, 1.82) is 0 Å². The molecule has 0 heterocycles. The monoisotopic (exact) mass is 514 g/mol. The van der Waals surface area contributed by atoms with Gasteiger partial charge in [0.15, 0.2) is 0 Å². The number of hydrogen-bond donors (Lipinski definition) is 2. The zero-order chi connectivity index (χ0) is 25.9. The fourth-order valence-electron chi connectivity index (χ4n) is 8.52. The Bertz CT molecular complexity index is 945. The van der Waals surface area contributed by atoms with Crippen molar-refractivity contribution in [2.75, 3.05) is 6.61 Å². The number of fused-ring (bicyclic) bond motifs is 5. The molecule has 0 bridgehead atoms. The average Bonchev–Trinajstić information content (AvgIpc) is 3.02. The largest absolute Gasteiger partial charge is 0.498 e. The van der Waals surface area contributed by atoms with Crippen LogP contribution in [0.2, 0.25) is 45.3 Å². The third-order valence-electron chi connectivity index (χ3n) is 9.52. The maximum Gasteiger partial charge on any atom is 0.130 e. The van der Waals surface area contributed by atoms with Crippen LogP contribution >= 0.6 is 0 Å². The number of hydrogen-bond acceptors (Lipinski definition) is 3. The van der Waals surface area contributed by atoms with Crippen molar-refractivity contribution < 1.29 is 14.9 Å². The van der Waals surface area contributed by atoms with Gasteiger partial charge in [0, 0.05) is 19.9 Å². The van der Waals surface area contributed by atoms with Gasteiger partial charge in [-0.25, -0.2) is 0 Å². The van der Waals surface area contributed by atoms with Crippen LogP contribution in [0.25, 0.3) is 0 Å². The zero-order valence-corrected chi connectivity index (χ0v) is 25.6. The lowest BCUT2D eigenvalue weighted by Gasteiger charge is -2.62. The summed E-state index contributed by atoms with van der Waals surface area (Å²) in [6.45, 7) is 19.0. The smallest absolute Gasteiger partial charge is 0.130 e. The number of rotatable bonds is 5. The van der Waals surface area contributed by atoms with Crippen LogP contribution in [-0.2, 0) is 4.74 Å². The van der Waals surface area contributed by atoms with Gasteiger partial charge in [-0.1, -0.05) is 58.2 Å². The van der Waals surface area contributed by atoms with Crippen molar-refractivity contribution >= 4 is 16.1 Å². The molecular formula is C30H50O3Si2. The number of aliphatic hydroxyl groups is 2. The van der Waals surface area contributed by atoms with E-state index in [0.29, 0.717) is 30.8 Å². The molecule has 0 aromatic carbocycles. The Morgan fingerprint density at radius 1 is 1.09 bits per heavy atom. The van der Waals surface area contributed by atoms with Crippen LogP contribution in [0.4, 0.5) is 0 Å².